The molecule has 7 rings (SSSR count). The largest absolute Gasteiger partial charge is 0.385 e. The van der Waals surface area contributed by atoms with Gasteiger partial charge in [-0.25, -0.2) is 9.67 Å². The van der Waals surface area contributed by atoms with Gasteiger partial charge in [0.1, 0.15) is 23.7 Å². The standard InChI is InChI=1S/C32H39Cl2N5O4Si/c1-44(2,3)12-11-41-18-39-31-27(36-38-39)15-22(16-35-31)32(40)20-9-10-21(32)14-23(13-20)42-17-24-29(37-43-30(24)19-7-8-19)28-25(33)5-4-6-26(28)34/h4-6,15-16,19-21,23,40H,7-14,17-18H2,1-3H3/t20-,21+,23-,32+. The van der Waals surface area contributed by atoms with Crippen molar-refractivity contribution in [3.63, 3.8) is 0 Å². The highest BCUT2D eigenvalue weighted by atomic mass is 35.5. The van der Waals surface area contributed by atoms with Crippen LogP contribution in [0.5, 0.6) is 0 Å². The van der Waals surface area contributed by atoms with Gasteiger partial charge in [-0.05, 0) is 74.6 Å². The second-order valence-corrected chi connectivity index (χ2v) is 20.4. The molecular weight excluding hydrogens is 617 g/mol. The molecule has 12 heteroatoms. The Morgan fingerprint density at radius 2 is 1.82 bits per heavy atom. The normalized spacial score (nSPS) is 25.3. The monoisotopic (exact) mass is 655 g/mol. The molecule has 3 aliphatic carbocycles. The number of rotatable bonds is 11. The van der Waals surface area contributed by atoms with Crippen molar-refractivity contribution in [2.75, 3.05) is 6.61 Å². The van der Waals surface area contributed by atoms with Crippen LogP contribution in [-0.4, -0.2) is 51.0 Å². The van der Waals surface area contributed by atoms with Crippen LogP contribution < -0.4 is 0 Å². The van der Waals surface area contributed by atoms with Crippen LogP contribution >= 0.6 is 23.2 Å². The SMILES string of the molecule is C[Si](C)(C)CCOCn1nnc2cc([C@]3(O)[C@@H]4CC[C@H]3C[C@H](OCc3c(-c5c(Cl)cccc5Cl)noc3C3CC3)C4)cnc21. The Bertz CT molecular complexity index is 1630. The molecule has 0 saturated heterocycles. The summed E-state index contributed by atoms with van der Waals surface area (Å²) in [6.07, 6.45) is 7.37. The summed E-state index contributed by atoms with van der Waals surface area (Å²) >= 11 is 13.1. The van der Waals surface area contributed by atoms with Crippen LogP contribution in [0, 0.1) is 11.8 Å². The number of hydrogen-bond acceptors (Lipinski definition) is 8. The highest BCUT2D eigenvalue weighted by Crippen LogP contribution is 2.56. The Hall–Kier alpha value is -2.34. The quantitative estimate of drug-likeness (QED) is 0.130. The van der Waals surface area contributed by atoms with Gasteiger partial charge < -0.3 is 19.1 Å². The molecule has 0 aliphatic heterocycles. The average Bonchev–Trinajstić information content (AvgIpc) is 3.59. The minimum absolute atomic E-state index is 0.00942. The van der Waals surface area contributed by atoms with Crippen molar-refractivity contribution in [1.82, 2.24) is 25.1 Å². The molecule has 0 spiro atoms. The Balaban J connectivity index is 1.05. The fraction of sp³-hybridized carbons (Fsp3) is 0.562. The number of pyridine rings is 1. The van der Waals surface area contributed by atoms with Gasteiger partial charge in [-0.2, -0.15) is 0 Å². The van der Waals surface area contributed by atoms with Crippen LogP contribution in [0.1, 0.15) is 61.3 Å². The number of aromatic nitrogens is 5. The van der Waals surface area contributed by atoms with Gasteiger partial charge in [-0.1, -0.05) is 59.3 Å². The predicted octanol–water partition coefficient (Wildman–Crippen LogP) is 7.57. The molecule has 3 saturated carbocycles. The molecule has 1 aromatic carbocycles. The van der Waals surface area contributed by atoms with Gasteiger partial charge in [0, 0.05) is 43.5 Å². The molecule has 4 atom stereocenters. The first-order valence-electron chi connectivity index (χ1n) is 15.7. The smallest absolute Gasteiger partial charge is 0.180 e. The van der Waals surface area contributed by atoms with Gasteiger partial charge in [0.05, 0.1) is 28.4 Å². The maximum atomic E-state index is 12.2. The summed E-state index contributed by atoms with van der Waals surface area (Å²) in [5, 5.41) is 26.3. The first-order chi connectivity index (χ1) is 21.1. The Labute approximate surface area is 268 Å². The minimum Gasteiger partial charge on any atom is -0.385 e. The van der Waals surface area contributed by atoms with Crippen LogP contribution in [0.25, 0.3) is 22.4 Å². The van der Waals surface area contributed by atoms with Gasteiger partial charge in [0.2, 0.25) is 0 Å². The zero-order valence-electron chi connectivity index (χ0n) is 25.4. The van der Waals surface area contributed by atoms with Crippen molar-refractivity contribution >= 4 is 42.4 Å². The van der Waals surface area contributed by atoms with Gasteiger partial charge in [0.25, 0.3) is 0 Å². The molecular formula is C32H39Cl2N5O4Si. The summed E-state index contributed by atoms with van der Waals surface area (Å²) < 4.78 is 20.0. The van der Waals surface area contributed by atoms with E-state index in [0.29, 0.717) is 58.3 Å². The van der Waals surface area contributed by atoms with E-state index >= 15 is 0 Å². The molecule has 0 amide bonds. The van der Waals surface area contributed by atoms with Crippen molar-refractivity contribution in [3.8, 4) is 11.3 Å². The Morgan fingerprint density at radius 3 is 2.50 bits per heavy atom. The number of halogens is 2. The Morgan fingerprint density at radius 1 is 1.09 bits per heavy atom. The van der Waals surface area contributed by atoms with Gasteiger partial charge in [0.15, 0.2) is 5.65 Å². The van der Waals surface area contributed by atoms with E-state index in [1.807, 2.05) is 24.3 Å². The zero-order chi connectivity index (χ0) is 30.6. The first-order valence-corrected chi connectivity index (χ1v) is 20.1. The average molecular weight is 657 g/mol. The highest BCUT2D eigenvalue weighted by molar-refractivity contribution is 6.76. The summed E-state index contributed by atoms with van der Waals surface area (Å²) in [7, 11) is -1.16. The highest BCUT2D eigenvalue weighted by Gasteiger charge is 2.55. The van der Waals surface area contributed by atoms with Crippen molar-refractivity contribution < 1.29 is 19.1 Å². The van der Waals surface area contributed by atoms with E-state index in [2.05, 4.69) is 35.1 Å². The number of hydrogen-bond donors (Lipinski definition) is 1. The molecule has 0 radical (unpaired) electrons. The third-order valence-electron chi connectivity index (χ3n) is 9.66. The van der Waals surface area contributed by atoms with Gasteiger partial charge in [-0.15, -0.1) is 5.10 Å². The van der Waals surface area contributed by atoms with Crippen molar-refractivity contribution in [3.05, 3.63) is 57.4 Å². The van der Waals surface area contributed by atoms with Crippen molar-refractivity contribution in [2.24, 2.45) is 11.8 Å². The maximum absolute atomic E-state index is 12.2. The lowest BCUT2D eigenvalue weighted by molar-refractivity contribution is -0.116. The molecule has 44 heavy (non-hydrogen) atoms. The van der Waals surface area contributed by atoms with Crippen LogP contribution in [0.3, 0.4) is 0 Å². The number of nitrogens with zero attached hydrogens (tertiary/aromatic N) is 5. The lowest BCUT2D eigenvalue weighted by atomic mass is 9.70. The maximum Gasteiger partial charge on any atom is 0.180 e. The van der Waals surface area contributed by atoms with E-state index in [-0.39, 0.29) is 17.9 Å². The van der Waals surface area contributed by atoms with E-state index in [0.717, 1.165) is 61.5 Å². The van der Waals surface area contributed by atoms with Crippen molar-refractivity contribution in [1.29, 1.82) is 0 Å². The lowest BCUT2D eigenvalue weighted by Crippen LogP contribution is -2.44. The molecule has 234 valence electrons. The van der Waals surface area contributed by atoms with E-state index < -0.39 is 13.7 Å². The summed E-state index contributed by atoms with van der Waals surface area (Å²) in [5.41, 5.74) is 3.46. The summed E-state index contributed by atoms with van der Waals surface area (Å²) in [5.74, 6) is 1.36. The van der Waals surface area contributed by atoms with Gasteiger partial charge in [-0.3, -0.25) is 0 Å². The zero-order valence-corrected chi connectivity index (χ0v) is 27.9. The Kier molecular flexibility index (Phi) is 8.12. The molecule has 3 aliphatic rings. The minimum atomic E-state index is -1.16. The van der Waals surface area contributed by atoms with E-state index in [9.17, 15) is 5.11 Å². The molecule has 1 N–H and O–H groups in total. The topological polar surface area (TPSA) is 108 Å². The second-order valence-electron chi connectivity index (χ2n) is 13.9. The van der Waals surface area contributed by atoms with E-state index in [1.54, 1.807) is 10.9 Å². The van der Waals surface area contributed by atoms with Crippen LogP contribution in [0.2, 0.25) is 35.7 Å². The van der Waals surface area contributed by atoms with E-state index in [1.165, 1.54) is 0 Å². The summed E-state index contributed by atoms with van der Waals surface area (Å²) in [4.78, 5) is 4.70. The fourth-order valence-electron chi connectivity index (χ4n) is 7.06. The molecule has 0 unspecified atom stereocenters. The van der Waals surface area contributed by atoms with E-state index in [4.69, 9.17) is 42.2 Å². The third kappa shape index (κ3) is 5.73. The molecule has 9 nitrogen and oxygen atoms in total. The number of benzene rings is 1. The van der Waals surface area contributed by atoms with Crippen LogP contribution in [0.4, 0.5) is 0 Å². The van der Waals surface area contributed by atoms with Gasteiger partial charge >= 0.3 is 0 Å². The molecule has 3 heterocycles. The third-order valence-corrected chi connectivity index (χ3v) is 12.0. The van der Waals surface area contributed by atoms with Crippen LogP contribution in [-0.2, 0) is 28.4 Å². The number of fused-ring (bicyclic) bond motifs is 3. The second kappa shape index (κ2) is 11.8. The fourth-order valence-corrected chi connectivity index (χ4v) is 8.39. The van der Waals surface area contributed by atoms with Crippen molar-refractivity contribution in [2.45, 2.75) is 95.2 Å². The summed E-state index contributed by atoms with van der Waals surface area (Å²) in [6, 6.07) is 8.50. The summed E-state index contributed by atoms with van der Waals surface area (Å²) in [6.45, 7) is 8.39. The number of aliphatic hydroxyl groups is 1. The number of ether oxygens (including phenoxy) is 2. The molecule has 4 aromatic rings. The predicted molar refractivity (Wildman–Crippen MR) is 171 cm³/mol. The molecule has 3 fully saturated rings. The van der Waals surface area contributed by atoms with Crippen LogP contribution in [0.15, 0.2) is 35.0 Å². The molecule has 3 aromatic heterocycles. The first kappa shape index (κ1) is 30.3. The lowest BCUT2D eigenvalue weighted by Gasteiger charge is -2.42. The molecule has 2 bridgehead atoms.